The second-order valence-corrected chi connectivity index (χ2v) is 16.7. The summed E-state index contributed by atoms with van der Waals surface area (Å²) in [6, 6.07) is 13.7. The van der Waals surface area contributed by atoms with Gasteiger partial charge in [-0.2, -0.15) is 0 Å². The Morgan fingerprint density at radius 1 is 0.851 bits per heavy atom. The van der Waals surface area contributed by atoms with Crippen LogP contribution >= 0.6 is 0 Å². The van der Waals surface area contributed by atoms with E-state index in [-0.39, 0.29) is 35.4 Å². The fourth-order valence-corrected chi connectivity index (χ4v) is 12.2. The van der Waals surface area contributed by atoms with Gasteiger partial charge in [0.1, 0.15) is 6.04 Å². The van der Waals surface area contributed by atoms with Gasteiger partial charge in [-0.25, -0.2) is 0 Å². The number of ether oxygens (including phenoxy) is 1. The molecule has 10 atom stereocenters. The summed E-state index contributed by atoms with van der Waals surface area (Å²) in [4.78, 5) is 33.9. The van der Waals surface area contributed by atoms with Crippen molar-refractivity contribution in [3.05, 3.63) is 48.0 Å². The SMILES string of the molecule is COC1CC[C@H]2[C@@H]3CCC4CC(O)C(N5CCN(C(=O)[C@@H]6CCCN6C(=O)c6ccc7ccccc7c6)CC5)C[C@]4(C)[C@@H]3CC[C@]12C. The van der Waals surface area contributed by atoms with Crippen molar-refractivity contribution in [1.29, 1.82) is 0 Å². The Balaban J connectivity index is 0.920. The Morgan fingerprint density at radius 2 is 1.62 bits per heavy atom. The molecule has 2 aromatic rings. The van der Waals surface area contributed by atoms with E-state index in [1.165, 1.54) is 38.5 Å². The van der Waals surface area contributed by atoms with Gasteiger partial charge >= 0.3 is 0 Å². The molecule has 2 aliphatic heterocycles. The van der Waals surface area contributed by atoms with Crippen molar-refractivity contribution < 1.29 is 19.4 Å². The molecular weight excluding hydrogens is 586 g/mol. The molecule has 8 rings (SSSR count). The summed E-state index contributed by atoms with van der Waals surface area (Å²) in [6.45, 7) is 8.66. The van der Waals surface area contributed by atoms with Gasteiger partial charge in [-0.15, -0.1) is 0 Å². The molecule has 254 valence electrons. The van der Waals surface area contributed by atoms with Gasteiger partial charge in [0.15, 0.2) is 0 Å². The van der Waals surface area contributed by atoms with E-state index in [9.17, 15) is 14.7 Å². The minimum absolute atomic E-state index is 0.0393. The van der Waals surface area contributed by atoms with Gasteiger partial charge in [0.2, 0.25) is 5.91 Å². The predicted octanol–water partition coefficient (Wildman–Crippen LogP) is 5.99. The van der Waals surface area contributed by atoms with Crippen molar-refractivity contribution >= 4 is 22.6 Å². The molecule has 4 saturated carbocycles. The number of fused-ring (bicyclic) bond motifs is 6. The van der Waals surface area contributed by atoms with E-state index in [0.717, 1.165) is 67.3 Å². The zero-order valence-electron chi connectivity index (χ0n) is 28.8. The monoisotopic (exact) mass is 641 g/mol. The van der Waals surface area contributed by atoms with E-state index in [4.69, 9.17) is 4.74 Å². The lowest BCUT2D eigenvalue weighted by atomic mass is 9.44. The highest BCUT2D eigenvalue weighted by atomic mass is 16.5. The number of likely N-dealkylation sites (tertiary alicyclic amines) is 1. The number of nitrogens with zero attached hydrogens (tertiary/aromatic N) is 3. The molecular formula is C40H55N3O4. The standard InChI is InChI=1S/C40H55N3O4/c1-39-17-16-32-30(31(39)14-15-36(39)47-3)13-12-29-24-35(44)34(25-40(29,32)2)41-19-21-42(22-20-41)38(46)33-9-6-18-43(33)37(45)28-11-10-26-7-4-5-8-27(26)23-28/h4-5,7-8,10-11,23,29-36,44H,6,9,12-22,24-25H2,1-3H3/t29?,30-,31-,32+,33-,34?,35?,36?,39-,40-/m0/s1. The van der Waals surface area contributed by atoms with Crippen molar-refractivity contribution in [3.8, 4) is 0 Å². The van der Waals surface area contributed by atoms with E-state index < -0.39 is 0 Å². The minimum Gasteiger partial charge on any atom is -0.391 e. The van der Waals surface area contributed by atoms with Crippen LogP contribution in [-0.4, -0.2) is 95.7 Å². The molecule has 2 amide bonds. The van der Waals surface area contributed by atoms with E-state index in [0.29, 0.717) is 42.6 Å². The molecule has 7 nitrogen and oxygen atoms in total. The number of hydrogen-bond donors (Lipinski definition) is 1. The smallest absolute Gasteiger partial charge is 0.254 e. The number of benzene rings is 2. The molecule has 7 heteroatoms. The fourth-order valence-electron chi connectivity index (χ4n) is 12.2. The van der Waals surface area contributed by atoms with Crippen molar-refractivity contribution in [2.75, 3.05) is 39.8 Å². The summed E-state index contributed by atoms with van der Waals surface area (Å²) in [6.07, 6.45) is 11.4. The van der Waals surface area contributed by atoms with E-state index in [2.05, 4.69) is 24.8 Å². The normalized spacial score (nSPS) is 40.6. The van der Waals surface area contributed by atoms with Gasteiger partial charge in [0.25, 0.3) is 5.91 Å². The third-order valence-electron chi connectivity index (χ3n) is 14.8. The van der Waals surface area contributed by atoms with Gasteiger partial charge in [0, 0.05) is 51.4 Å². The third-order valence-corrected chi connectivity index (χ3v) is 14.8. The van der Waals surface area contributed by atoms with Crippen molar-refractivity contribution in [3.63, 3.8) is 0 Å². The van der Waals surface area contributed by atoms with Gasteiger partial charge in [-0.1, -0.05) is 44.2 Å². The number of rotatable bonds is 4. The van der Waals surface area contributed by atoms with Crippen molar-refractivity contribution in [2.24, 2.45) is 34.5 Å². The van der Waals surface area contributed by atoms with Crippen LogP contribution in [0.2, 0.25) is 0 Å². The van der Waals surface area contributed by atoms with Crippen LogP contribution in [0.4, 0.5) is 0 Å². The fraction of sp³-hybridized carbons (Fsp3) is 0.700. The molecule has 6 aliphatic rings. The van der Waals surface area contributed by atoms with Crippen LogP contribution in [0.3, 0.4) is 0 Å². The van der Waals surface area contributed by atoms with Crippen molar-refractivity contribution in [2.45, 2.75) is 102 Å². The van der Waals surface area contributed by atoms with Gasteiger partial charge in [-0.3, -0.25) is 14.5 Å². The molecule has 0 radical (unpaired) electrons. The van der Waals surface area contributed by atoms with Crippen LogP contribution in [0.5, 0.6) is 0 Å². The number of piperazine rings is 1. The summed E-state index contributed by atoms with van der Waals surface area (Å²) in [7, 11) is 1.92. The third kappa shape index (κ3) is 5.17. The predicted molar refractivity (Wildman–Crippen MR) is 184 cm³/mol. The Hall–Kier alpha value is -2.48. The Labute approximate surface area is 281 Å². The largest absolute Gasteiger partial charge is 0.391 e. The van der Waals surface area contributed by atoms with Gasteiger partial charge in [-0.05, 0) is 122 Å². The molecule has 0 aromatic heterocycles. The molecule has 2 heterocycles. The number of hydrogen-bond acceptors (Lipinski definition) is 5. The lowest BCUT2D eigenvalue weighted by Crippen LogP contribution is -2.63. The lowest BCUT2D eigenvalue weighted by Gasteiger charge is -2.62. The average molecular weight is 642 g/mol. The summed E-state index contributed by atoms with van der Waals surface area (Å²) in [5.74, 6) is 2.96. The van der Waals surface area contributed by atoms with E-state index in [1.54, 1.807) is 0 Å². The molecule has 47 heavy (non-hydrogen) atoms. The van der Waals surface area contributed by atoms with Crippen LogP contribution in [0.1, 0.15) is 88.4 Å². The van der Waals surface area contributed by atoms with Crippen molar-refractivity contribution in [1.82, 2.24) is 14.7 Å². The first-order valence-electron chi connectivity index (χ1n) is 18.7. The van der Waals surface area contributed by atoms with Crippen LogP contribution in [0, 0.1) is 34.5 Å². The van der Waals surface area contributed by atoms with Crippen LogP contribution in [-0.2, 0) is 9.53 Å². The zero-order valence-corrected chi connectivity index (χ0v) is 28.8. The molecule has 0 bridgehead atoms. The first-order valence-corrected chi connectivity index (χ1v) is 18.7. The number of carbonyl (C=O) groups excluding carboxylic acids is 2. The number of amides is 2. The van der Waals surface area contributed by atoms with Gasteiger partial charge < -0.3 is 19.6 Å². The molecule has 1 N–H and O–H groups in total. The molecule has 6 fully saturated rings. The maximum absolute atomic E-state index is 13.9. The quantitative estimate of drug-likeness (QED) is 0.445. The number of aliphatic hydroxyl groups excluding tert-OH is 1. The Bertz CT molecular complexity index is 1510. The van der Waals surface area contributed by atoms with Gasteiger partial charge in [0.05, 0.1) is 12.2 Å². The highest BCUT2D eigenvalue weighted by molar-refractivity contribution is 6.01. The number of carbonyl (C=O) groups is 2. The average Bonchev–Trinajstić information content (AvgIpc) is 3.72. The first kappa shape index (κ1) is 31.8. The molecule has 2 saturated heterocycles. The highest BCUT2D eigenvalue weighted by Crippen LogP contribution is 2.66. The molecule has 0 spiro atoms. The summed E-state index contributed by atoms with van der Waals surface area (Å²) in [5, 5.41) is 13.7. The highest BCUT2D eigenvalue weighted by Gasteiger charge is 2.61. The second kappa shape index (κ2) is 12.1. The maximum atomic E-state index is 13.9. The molecule has 4 aliphatic carbocycles. The lowest BCUT2D eigenvalue weighted by molar-refractivity contribution is -0.159. The number of aliphatic hydroxyl groups is 1. The topological polar surface area (TPSA) is 73.3 Å². The number of methoxy groups -OCH3 is 1. The molecule has 4 unspecified atom stereocenters. The van der Waals surface area contributed by atoms with E-state index in [1.807, 2.05) is 53.3 Å². The minimum atomic E-state index is -0.384. The van der Waals surface area contributed by atoms with Crippen LogP contribution < -0.4 is 0 Å². The Kier molecular flexibility index (Phi) is 8.20. The second-order valence-electron chi connectivity index (χ2n) is 16.7. The zero-order chi connectivity index (χ0) is 32.5. The summed E-state index contributed by atoms with van der Waals surface area (Å²) in [5.41, 5.74) is 1.25. The summed E-state index contributed by atoms with van der Waals surface area (Å²) < 4.78 is 6.03. The van der Waals surface area contributed by atoms with Crippen LogP contribution in [0.25, 0.3) is 10.8 Å². The molecule has 2 aromatic carbocycles. The Morgan fingerprint density at radius 3 is 2.40 bits per heavy atom. The van der Waals surface area contributed by atoms with E-state index >= 15 is 0 Å². The van der Waals surface area contributed by atoms with Crippen LogP contribution in [0.15, 0.2) is 42.5 Å². The first-order chi connectivity index (χ1) is 22.7. The maximum Gasteiger partial charge on any atom is 0.254 e. The summed E-state index contributed by atoms with van der Waals surface area (Å²) >= 11 is 0.